The zero-order chi connectivity index (χ0) is 25.4. The molecule has 2 aromatic carbocycles. The van der Waals surface area contributed by atoms with Crippen molar-refractivity contribution in [3.8, 4) is 17.3 Å². The monoisotopic (exact) mass is 484 g/mol. The van der Waals surface area contributed by atoms with Gasteiger partial charge in [0.2, 0.25) is 0 Å². The van der Waals surface area contributed by atoms with Crippen LogP contribution in [-0.4, -0.2) is 52.2 Å². The molecule has 1 aliphatic heterocycles. The number of aromatic nitrogens is 2. The second kappa shape index (κ2) is 9.53. The predicted molar refractivity (Wildman–Crippen MR) is 136 cm³/mol. The quantitative estimate of drug-likeness (QED) is 0.552. The van der Waals surface area contributed by atoms with Gasteiger partial charge >= 0.3 is 0 Å². The van der Waals surface area contributed by atoms with Gasteiger partial charge in [0.25, 0.3) is 5.91 Å². The van der Waals surface area contributed by atoms with Crippen molar-refractivity contribution in [1.29, 1.82) is 5.26 Å². The van der Waals surface area contributed by atoms with E-state index in [0.717, 1.165) is 33.9 Å². The maximum absolute atomic E-state index is 13.3. The summed E-state index contributed by atoms with van der Waals surface area (Å²) in [5.74, 6) is 1.10. The molecule has 3 aromatic rings. The SMILES string of the molecule is COC1(c2nc(C)c(-c3cc(C(=O)N4CC(c5ccc(C#N)cc5)C4)ccc3C)[nH]2)CCC(O)CC1. The van der Waals surface area contributed by atoms with Crippen LogP contribution in [-0.2, 0) is 10.3 Å². The summed E-state index contributed by atoms with van der Waals surface area (Å²) in [5.41, 5.74) is 5.73. The summed E-state index contributed by atoms with van der Waals surface area (Å²) in [6.07, 6.45) is 2.51. The topological polar surface area (TPSA) is 102 Å². The summed E-state index contributed by atoms with van der Waals surface area (Å²) in [7, 11) is 1.71. The molecule has 0 atom stereocenters. The number of ether oxygens (including phenoxy) is 1. The number of H-pyrrole nitrogens is 1. The van der Waals surface area contributed by atoms with E-state index < -0.39 is 5.60 Å². The summed E-state index contributed by atoms with van der Waals surface area (Å²) in [6.45, 7) is 5.35. The minimum Gasteiger partial charge on any atom is -0.393 e. The van der Waals surface area contributed by atoms with Crippen molar-refractivity contribution >= 4 is 5.91 Å². The van der Waals surface area contributed by atoms with Gasteiger partial charge in [0.05, 0.1) is 29.1 Å². The molecule has 1 saturated heterocycles. The van der Waals surface area contributed by atoms with Crippen LogP contribution >= 0.6 is 0 Å². The third-order valence-corrected chi connectivity index (χ3v) is 7.90. The van der Waals surface area contributed by atoms with Gasteiger partial charge in [-0.15, -0.1) is 0 Å². The van der Waals surface area contributed by atoms with E-state index >= 15 is 0 Å². The third kappa shape index (κ3) is 4.32. The van der Waals surface area contributed by atoms with Crippen LogP contribution in [0.4, 0.5) is 0 Å². The van der Waals surface area contributed by atoms with Crippen LogP contribution in [0.2, 0.25) is 0 Å². The standard InChI is InChI=1S/C29H32N4O3/c1-18-4-7-22(27(35)33-16-23(17-33)21-8-5-20(15-30)6-9-21)14-25(18)26-19(2)31-28(32-26)29(36-3)12-10-24(34)11-13-29/h4-9,14,23-24,34H,10-13,16-17H2,1-3H3,(H,31,32). The van der Waals surface area contributed by atoms with E-state index in [1.165, 1.54) is 0 Å². The van der Waals surface area contributed by atoms with Crippen molar-refractivity contribution in [2.24, 2.45) is 0 Å². The summed E-state index contributed by atoms with van der Waals surface area (Å²) >= 11 is 0. The first kappa shape index (κ1) is 24.2. The average Bonchev–Trinajstić information content (AvgIpc) is 3.26. The molecule has 0 spiro atoms. The molecule has 2 heterocycles. The molecular formula is C29H32N4O3. The smallest absolute Gasteiger partial charge is 0.253 e. The van der Waals surface area contributed by atoms with E-state index in [9.17, 15) is 9.90 Å². The number of aryl methyl sites for hydroxylation is 2. The van der Waals surface area contributed by atoms with Gasteiger partial charge in [-0.1, -0.05) is 18.2 Å². The highest BCUT2D eigenvalue weighted by Crippen LogP contribution is 2.40. The van der Waals surface area contributed by atoms with E-state index in [1.807, 2.05) is 61.2 Å². The number of likely N-dealkylation sites (tertiary alicyclic amines) is 1. The Morgan fingerprint density at radius 1 is 1.17 bits per heavy atom. The lowest BCUT2D eigenvalue weighted by Gasteiger charge is -2.39. The lowest BCUT2D eigenvalue weighted by atomic mass is 9.82. The summed E-state index contributed by atoms with van der Waals surface area (Å²) in [5, 5.41) is 19.0. The molecular weight excluding hydrogens is 452 g/mol. The second-order valence-electron chi connectivity index (χ2n) is 10.1. The maximum Gasteiger partial charge on any atom is 0.253 e. The number of carbonyl (C=O) groups is 1. The molecule has 1 aromatic heterocycles. The van der Waals surface area contributed by atoms with Gasteiger partial charge in [0.1, 0.15) is 11.4 Å². The molecule has 5 rings (SSSR count). The van der Waals surface area contributed by atoms with E-state index in [-0.39, 0.29) is 12.0 Å². The van der Waals surface area contributed by atoms with Crippen molar-refractivity contribution in [1.82, 2.24) is 14.9 Å². The molecule has 186 valence electrons. The highest BCUT2D eigenvalue weighted by Gasteiger charge is 2.40. The molecule has 1 amide bonds. The first-order valence-electron chi connectivity index (χ1n) is 12.5. The van der Waals surface area contributed by atoms with Crippen LogP contribution in [0.25, 0.3) is 11.3 Å². The van der Waals surface area contributed by atoms with Crippen molar-refractivity contribution in [2.45, 2.75) is 57.2 Å². The van der Waals surface area contributed by atoms with E-state index in [2.05, 4.69) is 11.1 Å². The minimum absolute atomic E-state index is 0.0215. The number of hydrogen-bond donors (Lipinski definition) is 2. The van der Waals surface area contributed by atoms with Gasteiger partial charge in [0.15, 0.2) is 0 Å². The minimum atomic E-state index is -0.526. The number of benzene rings is 2. The first-order valence-corrected chi connectivity index (χ1v) is 12.5. The highest BCUT2D eigenvalue weighted by molar-refractivity contribution is 5.96. The number of aliphatic hydroxyl groups is 1. The van der Waals surface area contributed by atoms with Gasteiger partial charge in [-0.05, 0) is 74.9 Å². The molecule has 1 aliphatic carbocycles. The Hall–Kier alpha value is -3.47. The first-order chi connectivity index (χ1) is 17.3. The summed E-state index contributed by atoms with van der Waals surface area (Å²) in [6, 6.07) is 15.6. The number of methoxy groups -OCH3 is 1. The molecule has 2 N–H and O–H groups in total. The second-order valence-corrected chi connectivity index (χ2v) is 10.1. The molecule has 7 heteroatoms. The average molecular weight is 485 g/mol. The molecule has 7 nitrogen and oxygen atoms in total. The fourth-order valence-corrected chi connectivity index (χ4v) is 5.44. The molecule has 0 unspecified atom stereocenters. The Bertz CT molecular complexity index is 1310. The number of nitriles is 1. The molecule has 0 bridgehead atoms. The summed E-state index contributed by atoms with van der Waals surface area (Å²) in [4.78, 5) is 23.5. The zero-order valence-corrected chi connectivity index (χ0v) is 21.0. The number of amides is 1. The highest BCUT2D eigenvalue weighted by atomic mass is 16.5. The normalized spacial score (nSPS) is 22.2. The Balaban J connectivity index is 1.35. The largest absolute Gasteiger partial charge is 0.393 e. The van der Waals surface area contributed by atoms with Gasteiger partial charge in [-0.25, -0.2) is 4.98 Å². The number of rotatable bonds is 5. The Kier molecular flexibility index (Phi) is 6.42. The molecule has 2 aliphatic rings. The Morgan fingerprint density at radius 2 is 1.86 bits per heavy atom. The maximum atomic E-state index is 13.3. The molecule has 2 fully saturated rings. The predicted octanol–water partition coefficient (Wildman–Crippen LogP) is 4.58. The number of hydrogen-bond acceptors (Lipinski definition) is 5. The van der Waals surface area contributed by atoms with Crippen molar-refractivity contribution < 1.29 is 14.6 Å². The number of nitrogens with one attached hydrogen (secondary N) is 1. The fraction of sp³-hybridized carbons (Fsp3) is 0.414. The van der Waals surface area contributed by atoms with Crippen molar-refractivity contribution in [3.63, 3.8) is 0 Å². The van der Waals surface area contributed by atoms with Crippen LogP contribution < -0.4 is 0 Å². The molecule has 0 radical (unpaired) electrons. The van der Waals surface area contributed by atoms with E-state index in [4.69, 9.17) is 15.0 Å². The van der Waals surface area contributed by atoms with Crippen LogP contribution in [0.3, 0.4) is 0 Å². The fourth-order valence-electron chi connectivity index (χ4n) is 5.44. The van der Waals surface area contributed by atoms with Crippen LogP contribution in [0.15, 0.2) is 42.5 Å². The number of carbonyl (C=O) groups excluding carboxylic acids is 1. The van der Waals surface area contributed by atoms with Gasteiger partial charge in [-0.3, -0.25) is 4.79 Å². The van der Waals surface area contributed by atoms with Gasteiger partial charge < -0.3 is 19.7 Å². The number of aliphatic hydroxyl groups excluding tert-OH is 1. The van der Waals surface area contributed by atoms with Crippen LogP contribution in [0, 0.1) is 25.2 Å². The number of nitrogens with zero attached hydrogens (tertiary/aromatic N) is 3. The van der Waals surface area contributed by atoms with Crippen molar-refractivity contribution in [2.75, 3.05) is 20.2 Å². The molecule has 36 heavy (non-hydrogen) atoms. The van der Waals surface area contributed by atoms with Crippen LogP contribution in [0.1, 0.15) is 70.2 Å². The van der Waals surface area contributed by atoms with E-state index in [1.54, 1.807) is 7.11 Å². The van der Waals surface area contributed by atoms with E-state index in [0.29, 0.717) is 55.8 Å². The molecule has 1 saturated carbocycles. The van der Waals surface area contributed by atoms with Crippen LogP contribution in [0.5, 0.6) is 0 Å². The number of imidazole rings is 1. The Morgan fingerprint density at radius 3 is 2.50 bits per heavy atom. The Labute approximate surface area is 211 Å². The van der Waals surface area contributed by atoms with Gasteiger partial charge in [0, 0.05) is 37.2 Å². The lowest BCUT2D eigenvalue weighted by Crippen LogP contribution is -2.48. The zero-order valence-electron chi connectivity index (χ0n) is 21.0. The van der Waals surface area contributed by atoms with Gasteiger partial charge in [-0.2, -0.15) is 5.26 Å². The lowest BCUT2D eigenvalue weighted by molar-refractivity contribution is -0.0743. The summed E-state index contributed by atoms with van der Waals surface area (Å²) < 4.78 is 5.94. The third-order valence-electron chi connectivity index (χ3n) is 7.90. The van der Waals surface area contributed by atoms with Crippen molar-refractivity contribution in [3.05, 3.63) is 76.2 Å². The number of aromatic amines is 1.